The number of nitrogens with one attached hydrogen (secondary N) is 1. The number of ether oxygens (including phenoxy) is 1. The summed E-state index contributed by atoms with van der Waals surface area (Å²) < 4.78 is 11.3. The number of hydrogen-bond acceptors (Lipinski definition) is 5. The number of hydrogen-bond donors (Lipinski definition) is 1. The van der Waals surface area contributed by atoms with Crippen molar-refractivity contribution < 1.29 is 9.15 Å². The van der Waals surface area contributed by atoms with Crippen LogP contribution in [0.3, 0.4) is 0 Å². The summed E-state index contributed by atoms with van der Waals surface area (Å²) in [6, 6.07) is 17.1. The summed E-state index contributed by atoms with van der Waals surface area (Å²) in [5.41, 5.74) is 2.86. The predicted octanol–water partition coefficient (Wildman–Crippen LogP) is 4.31. The molecule has 1 aromatic heterocycles. The van der Waals surface area contributed by atoms with E-state index in [0.717, 1.165) is 42.0 Å². The van der Waals surface area contributed by atoms with Crippen molar-refractivity contribution in [1.29, 1.82) is 0 Å². The van der Waals surface area contributed by atoms with Gasteiger partial charge in [-0.25, -0.2) is 0 Å². The molecule has 1 N–H and O–H groups in total. The maximum Gasteiger partial charge on any atom is 0.295 e. The summed E-state index contributed by atoms with van der Waals surface area (Å²) in [5.74, 6) is 0.927. The van der Waals surface area contributed by atoms with Crippen LogP contribution in [-0.2, 0) is 0 Å². The Morgan fingerprint density at radius 1 is 1.16 bits per heavy atom. The third-order valence-corrected chi connectivity index (χ3v) is 4.80. The van der Waals surface area contributed by atoms with Crippen molar-refractivity contribution in [2.24, 2.45) is 0 Å². The second-order valence-electron chi connectivity index (χ2n) is 6.38. The van der Waals surface area contributed by atoms with Crippen LogP contribution in [-0.4, -0.2) is 31.2 Å². The average Bonchev–Trinajstić information content (AvgIpc) is 3.09. The number of nitrogens with zero attached hydrogens (tertiary/aromatic N) is 2. The average molecular weight is 337 g/mol. The largest absolute Gasteiger partial charge is 0.495 e. The lowest BCUT2D eigenvalue weighted by Crippen LogP contribution is -2.44. The van der Waals surface area contributed by atoms with Crippen LogP contribution in [0.5, 0.6) is 5.75 Å². The van der Waals surface area contributed by atoms with Crippen LogP contribution in [0.1, 0.15) is 19.3 Å². The van der Waals surface area contributed by atoms with Gasteiger partial charge in [-0.3, -0.25) is 0 Å². The summed E-state index contributed by atoms with van der Waals surface area (Å²) in [4.78, 5) is 6.95. The van der Waals surface area contributed by atoms with Crippen molar-refractivity contribution in [1.82, 2.24) is 4.98 Å². The van der Waals surface area contributed by atoms with E-state index >= 15 is 0 Å². The zero-order chi connectivity index (χ0) is 17.1. The van der Waals surface area contributed by atoms with Gasteiger partial charge in [0.05, 0.1) is 12.8 Å². The molecule has 1 saturated heterocycles. The third-order valence-electron chi connectivity index (χ3n) is 4.80. The van der Waals surface area contributed by atoms with E-state index in [4.69, 9.17) is 9.15 Å². The maximum atomic E-state index is 5.78. The van der Waals surface area contributed by atoms with Crippen molar-refractivity contribution in [3.8, 4) is 5.75 Å². The van der Waals surface area contributed by atoms with E-state index in [0.29, 0.717) is 12.1 Å². The number of piperidine rings is 1. The first-order valence-electron chi connectivity index (χ1n) is 8.84. The molecule has 0 radical (unpaired) electrons. The van der Waals surface area contributed by atoms with Gasteiger partial charge in [0.15, 0.2) is 5.58 Å². The molecule has 0 bridgehead atoms. The molecule has 1 aliphatic rings. The molecular formula is C20H23N3O2. The van der Waals surface area contributed by atoms with Crippen LogP contribution in [0, 0.1) is 0 Å². The highest BCUT2D eigenvalue weighted by atomic mass is 16.5. The second-order valence-corrected chi connectivity index (χ2v) is 6.38. The fourth-order valence-electron chi connectivity index (χ4n) is 3.55. The molecule has 5 heteroatoms. The minimum Gasteiger partial charge on any atom is -0.495 e. The lowest BCUT2D eigenvalue weighted by molar-refractivity contribution is 0.406. The molecule has 3 aromatic rings. The molecule has 130 valence electrons. The van der Waals surface area contributed by atoms with Gasteiger partial charge in [0.1, 0.15) is 11.3 Å². The third kappa shape index (κ3) is 3.27. The van der Waals surface area contributed by atoms with Crippen LogP contribution in [0.2, 0.25) is 0 Å². The molecule has 2 heterocycles. The molecule has 4 rings (SSSR count). The van der Waals surface area contributed by atoms with E-state index < -0.39 is 0 Å². The summed E-state index contributed by atoms with van der Waals surface area (Å²) in [5, 5.41) is 3.38. The van der Waals surface area contributed by atoms with Gasteiger partial charge in [0.2, 0.25) is 0 Å². The van der Waals surface area contributed by atoms with E-state index in [9.17, 15) is 0 Å². The first-order chi connectivity index (χ1) is 12.3. The van der Waals surface area contributed by atoms with Crippen molar-refractivity contribution in [3.05, 3.63) is 48.5 Å². The number of aromatic nitrogens is 1. The Morgan fingerprint density at radius 3 is 2.88 bits per heavy atom. The fraction of sp³-hybridized carbons (Fsp3) is 0.350. The smallest absolute Gasteiger partial charge is 0.295 e. The Balaban J connectivity index is 1.51. The molecule has 1 atom stereocenters. The van der Waals surface area contributed by atoms with Crippen LogP contribution < -0.4 is 15.0 Å². The molecule has 5 nitrogen and oxygen atoms in total. The molecule has 0 spiro atoms. The Hall–Kier alpha value is -2.69. The van der Waals surface area contributed by atoms with Gasteiger partial charge in [-0.1, -0.05) is 24.3 Å². The normalized spacial score (nSPS) is 17.6. The minimum absolute atomic E-state index is 0.389. The molecule has 1 aliphatic heterocycles. The van der Waals surface area contributed by atoms with E-state index in [2.05, 4.69) is 27.3 Å². The highest BCUT2D eigenvalue weighted by Gasteiger charge is 2.25. The number of benzene rings is 2. The highest BCUT2D eigenvalue weighted by Crippen LogP contribution is 2.33. The topological polar surface area (TPSA) is 50.5 Å². The standard InChI is InChI=1S/C20H23N3O2/c1-24-19-12-5-3-10-17(19)23-13-7-6-8-15(23)14-21-20-22-16-9-2-4-11-18(16)25-20/h2-5,9-12,15H,6-8,13-14H2,1H3,(H,21,22). The first-order valence-corrected chi connectivity index (χ1v) is 8.84. The summed E-state index contributed by atoms with van der Waals surface area (Å²) in [7, 11) is 1.73. The Morgan fingerprint density at radius 2 is 2.00 bits per heavy atom. The maximum absolute atomic E-state index is 5.78. The van der Waals surface area contributed by atoms with Crippen molar-refractivity contribution in [3.63, 3.8) is 0 Å². The number of para-hydroxylation sites is 4. The van der Waals surface area contributed by atoms with Crippen LogP contribution in [0.15, 0.2) is 52.9 Å². The van der Waals surface area contributed by atoms with Gasteiger partial charge in [0, 0.05) is 19.1 Å². The van der Waals surface area contributed by atoms with E-state index in [1.807, 2.05) is 36.4 Å². The molecule has 2 aromatic carbocycles. The quantitative estimate of drug-likeness (QED) is 0.752. The summed E-state index contributed by atoms with van der Waals surface area (Å²) in [6.07, 6.45) is 3.59. The summed E-state index contributed by atoms with van der Waals surface area (Å²) >= 11 is 0. The minimum atomic E-state index is 0.389. The number of anilines is 2. The van der Waals surface area contributed by atoms with Crippen LogP contribution in [0.25, 0.3) is 11.1 Å². The van der Waals surface area contributed by atoms with Crippen LogP contribution in [0.4, 0.5) is 11.7 Å². The van der Waals surface area contributed by atoms with Crippen molar-refractivity contribution >= 4 is 22.8 Å². The monoisotopic (exact) mass is 337 g/mol. The lowest BCUT2D eigenvalue weighted by atomic mass is 10.0. The SMILES string of the molecule is COc1ccccc1N1CCCCC1CNc1nc2ccccc2o1. The molecule has 25 heavy (non-hydrogen) atoms. The second kappa shape index (κ2) is 7.05. The van der Waals surface area contributed by atoms with Crippen molar-refractivity contribution in [2.75, 3.05) is 30.4 Å². The molecule has 1 fully saturated rings. The Kier molecular flexibility index (Phi) is 4.46. The van der Waals surface area contributed by atoms with Crippen molar-refractivity contribution in [2.45, 2.75) is 25.3 Å². The van der Waals surface area contributed by atoms with Gasteiger partial charge in [-0.2, -0.15) is 4.98 Å². The molecule has 0 saturated carbocycles. The number of oxazole rings is 1. The van der Waals surface area contributed by atoms with Gasteiger partial charge >= 0.3 is 0 Å². The fourth-order valence-corrected chi connectivity index (χ4v) is 3.55. The number of methoxy groups -OCH3 is 1. The Bertz CT molecular complexity index is 813. The number of rotatable bonds is 5. The Labute approximate surface area is 147 Å². The zero-order valence-electron chi connectivity index (χ0n) is 14.4. The molecule has 0 amide bonds. The van der Waals surface area contributed by atoms with Gasteiger partial charge in [-0.05, 0) is 43.5 Å². The lowest BCUT2D eigenvalue weighted by Gasteiger charge is -2.38. The summed E-state index contributed by atoms with van der Waals surface area (Å²) in [6.45, 7) is 1.84. The molecular weight excluding hydrogens is 314 g/mol. The molecule has 0 aliphatic carbocycles. The van der Waals surface area contributed by atoms with Gasteiger partial charge in [0.25, 0.3) is 6.01 Å². The van der Waals surface area contributed by atoms with E-state index in [1.54, 1.807) is 7.11 Å². The predicted molar refractivity (Wildman–Crippen MR) is 100 cm³/mol. The molecule has 1 unspecified atom stereocenters. The number of fused-ring (bicyclic) bond motifs is 1. The van der Waals surface area contributed by atoms with E-state index in [-0.39, 0.29) is 0 Å². The van der Waals surface area contributed by atoms with Gasteiger partial charge in [-0.15, -0.1) is 0 Å². The zero-order valence-corrected chi connectivity index (χ0v) is 14.4. The first kappa shape index (κ1) is 15.8. The highest BCUT2D eigenvalue weighted by molar-refractivity contribution is 5.74. The van der Waals surface area contributed by atoms with Crippen LogP contribution >= 0.6 is 0 Å². The van der Waals surface area contributed by atoms with E-state index in [1.165, 1.54) is 12.8 Å². The van der Waals surface area contributed by atoms with Gasteiger partial charge < -0.3 is 19.4 Å².